The van der Waals surface area contributed by atoms with E-state index in [9.17, 15) is 13.5 Å². The van der Waals surface area contributed by atoms with Crippen molar-refractivity contribution < 1.29 is 18.3 Å². The predicted molar refractivity (Wildman–Crippen MR) is 119 cm³/mol. The molecule has 0 spiro atoms. The lowest BCUT2D eigenvalue weighted by molar-refractivity contribution is -0.0308. The summed E-state index contributed by atoms with van der Waals surface area (Å²) < 4.78 is 29.8. The van der Waals surface area contributed by atoms with E-state index in [0.29, 0.717) is 11.8 Å². The Morgan fingerprint density at radius 1 is 1.13 bits per heavy atom. The first-order valence-corrected chi connectivity index (χ1v) is 13.3. The van der Waals surface area contributed by atoms with Crippen LogP contribution in [0.4, 0.5) is 5.69 Å². The molecule has 0 bridgehead atoms. The van der Waals surface area contributed by atoms with Crippen LogP contribution < -0.4 is 5.32 Å². The number of phenols is 1. The first-order valence-electron chi connectivity index (χ1n) is 11.4. The van der Waals surface area contributed by atoms with Gasteiger partial charge in [-0.05, 0) is 82.4 Å². The number of benzene rings is 1. The first kappa shape index (κ1) is 21.9. The standard InChI is InChI=1S/C23H36N2O4S/c1-23(11-7-19(8-12-23)29-16-17-3-4-17)25-13-9-18(10-14-25)24-21-15-20(30(2,27)28)5-6-22(21)26/h5-6,15,17-19,24,26H,3-4,7-14,16H2,1-2H3/t19-,23-. The van der Waals surface area contributed by atoms with Gasteiger partial charge in [0.05, 0.1) is 16.7 Å². The molecule has 1 saturated heterocycles. The van der Waals surface area contributed by atoms with Gasteiger partial charge in [0.15, 0.2) is 9.84 Å². The normalized spacial score (nSPS) is 29.1. The average Bonchev–Trinajstić information content (AvgIpc) is 3.53. The molecule has 0 aromatic heterocycles. The van der Waals surface area contributed by atoms with E-state index in [0.717, 1.165) is 51.3 Å². The second kappa shape index (κ2) is 8.67. The average molecular weight is 437 g/mol. The summed E-state index contributed by atoms with van der Waals surface area (Å²) in [6.07, 6.45) is 11.0. The molecule has 1 aromatic rings. The number of phenolic OH excluding ortho intramolecular Hbond substituents is 1. The number of sulfone groups is 1. The van der Waals surface area contributed by atoms with Crippen LogP contribution in [0.3, 0.4) is 0 Å². The minimum Gasteiger partial charge on any atom is -0.506 e. The molecule has 1 heterocycles. The Hall–Kier alpha value is -1.31. The first-order chi connectivity index (χ1) is 14.2. The summed E-state index contributed by atoms with van der Waals surface area (Å²) in [5.74, 6) is 0.934. The number of aromatic hydroxyl groups is 1. The number of hydrogen-bond acceptors (Lipinski definition) is 6. The molecule has 1 aromatic carbocycles. The van der Waals surface area contributed by atoms with Crippen LogP contribution in [0.25, 0.3) is 0 Å². The molecule has 7 heteroatoms. The second-order valence-electron chi connectivity index (χ2n) is 9.83. The van der Waals surface area contributed by atoms with E-state index < -0.39 is 9.84 Å². The van der Waals surface area contributed by atoms with Crippen LogP contribution >= 0.6 is 0 Å². The quantitative estimate of drug-likeness (QED) is 0.633. The lowest BCUT2D eigenvalue weighted by Gasteiger charge is -2.48. The van der Waals surface area contributed by atoms with Gasteiger partial charge in [0.25, 0.3) is 0 Å². The van der Waals surface area contributed by atoms with Gasteiger partial charge in [-0.2, -0.15) is 0 Å². The van der Waals surface area contributed by atoms with Gasteiger partial charge >= 0.3 is 0 Å². The summed E-state index contributed by atoms with van der Waals surface area (Å²) in [6.45, 7) is 5.41. The smallest absolute Gasteiger partial charge is 0.175 e. The van der Waals surface area contributed by atoms with Crippen molar-refractivity contribution in [3.63, 3.8) is 0 Å². The van der Waals surface area contributed by atoms with Crippen molar-refractivity contribution in [3.8, 4) is 5.75 Å². The molecular weight excluding hydrogens is 400 g/mol. The number of nitrogens with one attached hydrogen (secondary N) is 1. The van der Waals surface area contributed by atoms with Crippen LogP contribution in [0.2, 0.25) is 0 Å². The molecule has 0 atom stereocenters. The second-order valence-corrected chi connectivity index (χ2v) is 11.8. The molecule has 168 valence electrons. The fourth-order valence-electron chi connectivity index (χ4n) is 4.90. The Kier molecular flexibility index (Phi) is 6.33. The molecular formula is C23H36N2O4S. The number of anilines is 1. The van der Waals surface area contributed by atoms with E-state index in [-0.39, 0.29) is 22.2 Å². The highest BCUT2D eigenvalue weighted by atomic mass is 32.2. The zero-order valence-electron chi connectivity index (χ0n) is 18.3. The van der Waals surface area contributed by atoms with Crippen LogP contribution in [0, 0.1) is 5.92 Å². The molecule has 2 aliphatic carbocycles. The number of rotatable bonds is 7. The van der Waals surface area contributed by atoms with E-state index in [1.165, 1.54) is 44.1 Å². The molecule has 0 amide bonds. The van der Waals surface area contributed by atoms with E-state index in [1.807, 2.05) is 0 Å². The van der Waals surface area contributed by atoms with Crippen LogP contribution in [-0.4, -0.2) is 62.1 Å². The molecule has 6 nitrogen and oxygen atoms in total. The molecule has 1 aliphatic heterocycles. The Morgan fingerprint density at radius 2 is 1.80 bits per heavy atom. The van der Waals surface area contributed by atoms with Crippen molar-refractivity contribution in [2.45, 2.75) is 80.9 Å². The molecule has 0 radical (unpaired) electrons. The Labute approximate surface area is 180 Å². The maximum atomic E-state index is 11.8. The van der Waals surface area contributed by atoms with Crippen LogP contribution in [0.1, 0.15) is 58.3 Å². The Morgan fingerprint density at radius 3 is 2.40 bits per heavy atom. The van der Waals surface area contributed by atoms with Gasteiger partial charge in [-0.1, -0.05) is 0 Å². The highest BCUT2D eigenvalue weighted by Gasteiger charge is 2.38. The zero-order valence-corrected chi connectivity index (χ0v) is 19.1. The molecule has 0 unspecified atom stereocenters. The highest BCUT2D eigenvalue weighted by Crippen LogP contribution is 2.38. The van der Waals surface area contributed by atoms with Crippen LogP contribution in [0.5, 0.6) is 5.75 Å². The fraction of sp³-hybridized carbons (Fsp3) is 0.739. The van der Waals surface area contributed by atoms with Crippen molar-refractivity contribution >= 4 is 15.5 Å². The topological polar surface area (TPSA) is 78.9 Å². The van der Waals surface area contributed by atoms with Gasteiger partial charge in [0.1, 0.15) is 5.75 Å². The van der Waals surface area contributed by atoms with Crippen molar-refractivity contribution in [3.05, 3.63) is 18.2 Å². The van der Waals surface area contributed by atoms with Gasteiger partial charge in [0.2, 0.25) is 0 Å². The minimum atomic E-state index is -3.29. The number of ether oxygens (including phenoxy) is 1. The molecule has 3 fully saturated rings. The van der Waals surface area contributed by atoms with Crippen molar-refractivity contribution in [2.24, 2.45) is 5.92 Å². The van der Waals surface area contributed by atoms with E-state index in [4.69, 9.17) is 4.74 Å². The summed E-state index contributed by atoms with van der Waals surface area (Å²) in [4.78, 5) is 2.86. The van der Waals surface area contributed by atoms with Crippen molar-refractivity contribution in [1.82, 2.24) is 4.90 Å². The van der Waals surface area contributed by atoms with Crippen LogP contribution in [0.15, 0.2) is 23.1 Å². The summed E-state index contributed by atoms with van der Waals surface area (Å²) in [5, 5.41) is 13.5. The van der Waals surface area contributed by atoms with E-state index >= 15 is 0 Å². The van der Waals surface area contributed by atoms with E-state index in [2.05, 4.69) is 17.1 Å². The number of likely N-dealkylation sites (tertiary alicyclic amines) is 1. The number of piperidine rings is 1. The predicted octanol–water partition coefficient (Wildman–Crippen LogP) is 3.80. The maximum absolute atomic E-state index is 11.8. The number of hydrogen-bond donors (Lipinski definition) is 2. The van der Waals surface area contributed by atoms with Crippen LogP contribution in [-0.2, 0) is 14.6 Å². The minimum absolute atomic E-state index is 0.0984. The van der Waals surface area contributed by atoms with Gasteiger partial charge in [-0.3, -0.25) is 4.90 Å². The third kappa shape index (κ3) is 5.29. The highest BCUT2D eigenvalue weighted by molar-refractivity contribution is 7.90. The third-order valence-corrected chi connectivity index (χ3v) is 8.40. The molecule has 30 heavy (non-hydrogen) atoms. The lowest BCUT2D eigenvalue weighted by atomic mass is 9.79. The maximum Gasteiger partial charge on any atom is 0.175 e. The molecule has 4 rings (SSSR count). The van der Waals surface area contributed by atoms with Gasteiger partial charge < -0.3 is 15.2 Å². The molecule has 2 N–H and O–H groups in total. The summed E-state index contributed by atoms with van der Waals surface area (Å²) in [6, 6.07) is 4.69. The van der Waals surface area contributed by atoms with E-state index in [1.54, 1.807) is 6.07 Å². The Balaban J connectivity index is 1.28. The summed E-state index contributed by atoms with van der Waals surface area (Å²) in [7, 11) is -3.29. The summed E-state index contributed by atoms with van der Waals surface area (Å²) in [5.41, 5.74) is 0.763. The largest absolute Gasteiger partial charge is 0.506 e. The van der Waals surface area contributed by atoms with Gasteiger partial charge in [-0.15, -0.1) is 0 Å². The summed E-state index contributed by atoms with van der Waals surface area (Å²) >= 11 is 0. The molecule has 2 saturated carbocycles. The van der Waals surface area contributed by atoms with Gasteiger partial charge in [-0.25, -0.2) is 8.42 Å². The monoisotopic (exact) mass is 436 g/mol. The fourth-order valence-corrected chi connectivity index (χ4v) is 5.54. The third-order valence-electron chi connectivity index (χ3n) is 7.29. The van der Waals surface area contributed by atoms with Crippen molar-refractivity contribution in [1.29, 1.82) is 0 Å². The molecule has 3 aliphatic rings. The van der Waals surface area contributed by atoms with Gasteiger partial charge in [0, 0.05) is 37.5 Å². The number of nitrogens with zero attached hydrogens (tertiary/aromatic N) is 1. The zero-order chi connectivity index (χ0) is 21.4. The lowest BCUT2D eigenvalue weighted by Crippen LogP contribution is -2.53. The van der Waals surface area contributed by atoms with Crippen molar-refractivity contribution in [2.75, 3.05) is 31.3 Å². The Bertz CT molecular complexity index is 837. The SMILES string of the molecule is CS(=O)(=O)c1ccc(O)c(NC2CCN([C@]3(C)CC[C@@H](OCC4CC4)CC3)CC2)c1.